The van der Waals surface area contributed by atoms with Gasteiger partial charge in [-0.25, -0.2) is 4.39 Å². The fraction of sp³-hybridized carbons (Fsp3) is 0.304. The molecule has 7 heteroatoms. The Balaban J connectivity index is 2.12. The highest BCUT2D eigenvalue weighted by Crippen LogP contribution is 2.44. The molecule has 5 nitrogen and oxygen atoms in total. The van der Waals surface area contributed by atoms with Crippen molar-refractivity contribution in [2.24, 2.45) is 5.92 Å². The zero-order valence-corrected chi connectivity index (χ0v) is 17.7. The number of ether oxygens (including phenoxy) is 3. The minimum absolute atomic E-state index is 0.115. The van der Waals surface area contributed by atoms with Gasteiger partial charge in [-0.15, -0.1) is 0 Å². The van der Waals surface area contributed by atoms with Gasteiger partial charge in [0.15, 0.2) is 5.78 Å². The molecular formula is C23H22ClFO5. The van der Waals surface area contributed by atoms with E-state index in [0.29, 0.717) is 22.6 Å². The van der Waals surface area contributed by atoms with Crippen molar-refractivity contribution in [3.05, 3.63) is 64.4 Å². The van der Waals surface area contributed by atoms with E-state index in [4.69, 9.17) is 25.8 Å². The van der Waals surface area contributed by atoms with Gasteiger partial charge in [0.05, 0.1) is 20.8 Å². The third-order valence-electron chi connectivity index (χ3n) is 5.10. The highest BCUT2D eigenvalue weighted by atomic mass is 35.5. The molecule has 3 rings (SSSR count). The van der Waals surface area contributed by atoms with Crippen molar-refractivity contribution in [3.8, 4) is 11.5 Å². The molecule has 0 spiro atoms. The maximum atomic E-state index is 14.7. The molecular weight excluding hydrogens is 411 g/mol. The molecule has 0 N–H and O–H groups in total. The zero-order chi connectivity index (χ0) is 21.8. The van der Waals surface area contributed by atoms with Crippen LogP contribution in [0, 0.1) is 11.7 Å². The maximum absolute atomic E-state index is 14.7. The Morgan fingerprint density at radius 1 is 1.17 bits per heavy atom. The molecule has 0 aliphatic heterocycles. The Hall–Kier alpha value is -2.86. The average Bonchev–Trinajstić information content (AvgIpc) is 2.73. The first-order valence-corrected chi connectivity index (χ1v) is 9.85. The fourth-order valence-corrected chi connectivity index (χ4v) is 4.02. The number of ketones is 1. The molecule has 158 valence electrons. The lowest BCUT2D eigenvalue weighted by Crippen LogP contribution is -2.34. The van der Waals surface area contributed by atoms with Gasteiger partial charge in [-0.2, -0.15) is 0 Å². The third-order valence-corrected chi connectivity index (χ3v) is 5.43. The Labute approximate surface area is 179 Å². The first-order chi connectivity index (χ1) is 14.4. The molecule has 0 radical (unpaired) electrons. The van der Waals surface area contributed by atoms with Crippen LogP contribution in [-0.4, -0.2) is 32.6 Å². The van der Waals surface area contributed by atoms with Gasteiger partial charge in [0.1, 0.15) is 23.2 Å². The molecule has 2 atom stereocenters. The summed E-state index contributed by atoms with van der Waals surface area (Å²) in [6.45, 7) is 1.77. The van der Waals surface area contributed by atoms with E-state index in [1.807, 2.05) is 0 Å². The van der Waals surface area contributed by atoms with E-state index < -0.39 is 29.4 Å². The summed E-state index contributed by atoms with van der Waals surface area (Å²) >= 11 is 6.28. The number of esters is 1. The van der Waals surface area contributed by atoms with Crippen LogP contribution in [0.4, 0.5) is 4.39 Å². The molecule has 2 aromatic rings. The van der Waals surface area contributed by atoms with Crippen LogP contribution in [0.1, 0.15) is 30.4 Å². The molecule has 0 bridgehead atoms. The molecule has 1 aliphatic carbocycles. The number of methoxy groups -OCH3 is 2. The minimum Gasteiger partial charge on any atom is -0.497 e. The lowest BCUT2D eigenvalue weighted by atomic mass is 9.73. The van der Waals surface area contributed by atoms with Gasteiger partial charge < -0.3 is 14.2 Å². The van der Waals surface area contributed by atoms with Crippen molar-refractivity contribution in [1.29, 1.82) is 0 Å². The summed E-state index contributed by atoms with van der Waals surface area (Å²) in [5, 5.41) is 0.159. The predicted octanol–water partition coefficient (Wildman–Crippen LogP) is 4.82. The monoisotopic (exact) mass is 432 g/mol. The number of benzene rings is 2. The van der Waals surface area contributed by atoms with E-state index in [-0.39, 0.29) is 23.6 Å². The van der Waals surface area contributed by atoms with E-state index in [0.717, 1.165) is 0 Å². The van der Waals surface area contributed by atoms with Crippen molar-refractivity contribution in [2.75, 3.05) is 20.8 Å². The van der Waals surface area contributed by atoms with Gasteiger partial charge in [0, 0.05) is 22.6 Å². The lowest BCUT2D eigenvalue weighted by molar-refractivity contribution is -0.151. The average molecular weight is 433 g/mol. The quantitative estimate of drug-likeness (QED) is 0.484. The molecule has 0 amide bonds. The molecule has 0 heterocycles. The Morgan fingerprint density at radius 2 is 1.83 bits per heavy atom. The van der Waals surface area contributed by atoms with Crippen LogP contribution in [0.5, 0.6) is 11.5 Å². The van der Waals surface area contributed by atoms with E-state index in [9.17, 15) is 14.0 Å². The Kier molecular flexibility index (Phi) is 6.77. The van der Waals surface area contributed by atoms with Crippen molar-refractivity contribution in [1.82, 2.24) is 0 Å². The van der Waals surface area contributed by atoms with Gasteiger partial charge in [0.25, 0.3) is 0 Å². The molecule has 30 heavy (non-hydrogen) atoms. The van der Waals surface area contributed by atoms with Crippen LogP contribution >= 0.6 is 11.6 Å². The molecule has 0 unspecified atom stereocenters. The highest BCUT2D eigenvalue weighted by molar-refractivity contribution is 6.31. The molecule has 2 aromatic carbocycles. The first kappa shape index (κ1) is 21.8. The second-order valence-electron chi connectivity index (χ2n) is 6.85. The van der Waals surface area contributed by atoms with Crippen molar-refractivity contribution in [2.45, 2.75) is 19.3 Å². The number of rotatable bonds is 6. The number of hydrogen-bond donors (Lipinski definition) is 0. The largest absolute Gasteiger partial charge is 0.497 e. The van der Waals surface area contributed by atoms with Crippen LogP contribution in [-0.2, 0) is 14.3 Å². The van der Waals surface area contributed by atoms with Crippen molar-refractivity contribution < 1.29 is 28.2 Å². The lowest BCUT2D eigenvalue weighted by Gasteiger charge is -2.30. The fourth-order valence-electron chi connectivity index (χ4n) is 3.71. The molecule has 0 aromatic heterocycles. The zero-order valence-electron chi connectivity index (χ0n) is 16.9. The van der Waals surface area contributed by atoms with Gasteiger partial charge in [0.2, 0.25) is 0 Å². The van der Waals surface area contributed by atoms with E-state index in [1.54, 1.807) is 31.2 Å². The molecule has 0 saturated carbocycles. The van der Waals surface area contributed by atoms with Crippen LogP contribution in [0.3, 0.4) is 0 Å². The van der Waals surface area contributed by atoms with Gasteiger partial charge in [-0.3, -0.25) is 9.59 Å². The van der Waals surface area contributed by atoms with Crippen LogP contribution in [0.2, 0.25) is 5.02 Å². The molecule has 0 fully saturated rings. The van der Waals surface area contributed by atoms with Crippen LogP contribution in [0.25, 0.3) is 5.57 Å². The number of halogens is 2. The summed E-state index contributed by atoms with van der Waals surface area (Å²) in [5.74, 6) is -2.60. The maximum Gasteiger partial charge on any atom is 0.317 e. The SMILES string of the molecule is CCOC(=O)[C@H]1C(=O)C=C(c2cc(OC)cc(OC)c2)C[C@@H]1c1c(F)cccc1Cl. The van der Waals surface area contributed by atoms with Crippen molar-refractivity contribution in [3.63, 3.8) is 0 Å². The van der Waals surface area contributed by atoms with Crippen LogP contribution in [0.15, 0.2) is 42.5 Å². The van der Waals surface area contributed by atoms with Gasteiger partial charge in [-0.1, -0.05) is 17.7 Å². The first-order valence-electron chi connectivity index (χ1n) is 9.48. The second kappa shape index (κ2) is 9.30. The van der Waals surface area contributed by atoms with E-state index >= 15 is 0 Å². The third kappa shape index (κ3) is 4.33. The van der Waals surface area contributed by atoms with E-state index in [1.165, 1.54) is 32.4 Å². The minimum atomic E-state index is -1.17. The summed E-state index contributed by atoms with van der Waals surface area (Å²) in [6, 6.07) is 9.51. The predicted molar refractivity (Wildman–Crippen MR) is 111 cm³/mol. The number of carbonyl (C=O) groups is 2. The highest BCUT2D eigenvalue weighted by Gasteiger charge is 2.41. The van der Waals surface area contributed by atoms with E-state index in [2.05, 4.69) is 0 Å². The Morgan fingerprint density at radius 3 is 2.40 bits per heavy atom. The number of hydrogen-bond acceptors (Lipinski definition) is 5. The molecule has 1 aliphatic rings. The topological polar surface area (TPSA) is 61.8 Å². The summed E-state index contributed by atoms with van der Waals surface area (Å²) in [7, 11) is 3.05. The smallest absolute Gasteiger partial charge is 0.317 e. The molecule has 0 saturated heterocycles. The second-order valence-corrected chi connectivity index (χ2v) is 7.26. The van der Waals surface area contributed by atoms with Crippen LogP contribution < -0.4 is 9.47 Å². The number of allylic oxidation sites excluding steroid dienone is 2. The Bertz CT molecular complexity index is 959. The normalized spacial score (nSPS) is 18.6. The number of carbonyl (C=O) groups excluding carboxylic acids is 2. The summed E-state index contributed by atoms with van der Waals surface area (Å²) in [4.78, 5) is 25.6. The standard InChI is InChI=1S/C23H22ClFO5/c1-4-30-23(27)22-17(21-18(24)6-5-7-19(21)25)10-14(11-20(22)26)13-8-15(28-2)12-16(9-13)29-3/h5-9,11-12,17,22H,4,10H2,1-3H3/t17-,22-/m1/s1. The van der Waals surface area contributed by atoms with Gasteiger partial charge >= 0.3 is 5.97 Å². The summed E-state index contributed by atoms with van der Waals surface area (Å²) in [6.07, 6.45) is 1.62. The van der Waals surface area contributed by atoms with Crippen molar-refractivity contribution >= 4 is 28.9 Å². The van der Waals surface area contributed by atoms with Gasteiger partial charge in [-0.05, 0) is 54.8 Å². The summed E-state index contributed by atoms with van der Waals surface area (Å²) in [5.41, 5.74) is 1.44. The summed E-state index contributed by atoms with van der Waals surface area (Å²) < 4.78 is 30.5.